The first-order valence-corrected chi connectivity index (χ1v) is 4.78. The van der Waals surface area contributed by atoms with Crippen molar-refractivity contribution in [3.05, 3.63) is 29.8 Å². The number of hydrogen-bond acceptors (Lipinski definition) is 3. The van der Waals surface area contributed by atoms with Gasteiger partial charge in [0.2, 0.25) is 11.8 Å². The van der Waals surface area contributed by atoms with Gasteiger partial charge in [0.25, 0.3) is 0 Å². The van der Waals surface area contributed by atoms with E-state index < -0.39 is 0 Å². The van der Waals surface area contributed by atoms with Crippen molar-refractivity contribution in [1.82, 2.24) is 0 Å². The smallest absolute Gasteiger partial charge is 0.250 e. The summed E-state index contributed by atoms with van der Waals surface area (Å²) in [7, 11) is 1.45. The van der Waals surface area contributed by atoms with Gasteiger partial charge < -0.3 is 15.8 Å². The molecule has 0 bridgehead atoms. The number of anilines is 1. The molecular formula is C11H14N2O3. The second kappa shape index (κ2) is 5.87. The number of methoxy groups -OCH3 is 1. The molecular weight excluding hydrogens is 208 g/mol. The molecule has 0 atom stereocenters. The number of carbonyl (C=O) groups is 2. The Morgan fingerprint density at radius 2 is 1.94 bits per heavy atom. The summed E-state index contributed by atoms with van der Waals surface area (Å²) >= 11 is 0. The Balaban J connectivity index is 2.57. The maximum absolute atomic E-state index is 11.2. The molecule has 0 aromatic heterocycles. The molecule has 0 radical (unpaired) electrons. The van der Waals surface area contributed by atoms with E-state index >= 15 is 0 Å². The highest BCUT2D eigenvalue weighted by Gasteiger charge is 2.02. The van der Waals surface area contributed by atoms with Crippen LogP contribution in [0.1, 0.15) is 5.56 Å². The summed E-state index contributed by atoms with van der Waals surface area (Å²) in [5.74, 6) is -0.596. The molecule has 0 unspecified atom stereocenters. The van der Waals surface area contributed by atoms with Gasteiger partial charge in [-0.15, -0.1) is 0 Å². The van der Waals surface area contributed by atoms with E-state index in [1.54, 1.807) is 24.3 Å². The topological polar surface area (TPSA) is 81.4 Å². The van der Waals surface area contributed by atoms with Crippen LogP contribution in [0.3, 0.4) is 0 Å². The summed E-state index contributed by atoms with van der Waals surface area (Å²) < 4.78 is 4.68. The molecule has 0 aliphatic heterocycles. The third-order valence-electron chi connectivity index (χ3n) is 1.89. The van der Waals surface area contributed by atoms with E-state index in [2.05, 4.69) is 10.1 Å². The molecule has 5 nitrogen and oxygen atoms in total. The van der Waals surface area contributed by atoms with Crippen LogP contribution >= 0.6 is 0 Å². The molecule has 3 N–H and O–H groups in total. The van der Waals surface area contributed by atoms with Crippen LogP contribution in [0.4, 0.5) is 5.69 Å². The van der Waals surface area contributed by atoms with Crippen LogP contribution in [0.5, 0.6) is 0 Å². The van der Waals surface area contributed by atoms with E-state index in [0.717, 1.165) is 5.56 Å². The van der Waals surface area contributed by atoms with Gasteiger partial charge in [0.1, 0.15) is 6.61 Å². The summed E-state index contributed by atoms with van der Waals surface area (Å²) in [5.41, 5.74) is 6.54. The van der Waals surface area contributed by atoms with E-state index in [0.29, 0.717) is 5.69 Å². The van der Waals surface area contributed by atoms with E-state index in [4.69, 9.17) is 5.73 Å². The fourth-order valence-electron chi connectivity index (χ4n) is 1.24. The van der Waals surface area contributed by atoms with Crippen molar-refractivity contribution < 1.29 is 14.3 Å². The Bertz CT molecular complexity index is 373. The first kappa shape index (κ1) is 12.2. The highest BCUT2D eigenvalue weighted by molar-refractivity contribution is 5.91. The lowest BCUT2D eigenvalue weighted by Crippen LogP contribution is -2.17. The lowest BCUT2D eigenvalue weighted by molar-refractivity contribution is -0.119. The average molecular weight is 222 g/mol. The summed E-state index contributed by atoms with van der Waals surface area (Å²) in [5, 5.41) is 2.64. The number of nitrogens with one attached hydrogen (secondary N) is 1. The van der Waals surface area contributed by atoms with Crippen molar-refractivity contribution >= 4 is 17.5 Å². The molecule has 16 heavy (non-hydrogen) atoms. The van der Waals surface area contributed by atoms with Crippen LogP contribution in [0.2, 0.25) is 0 Å². The zero-order valence-electron chi connectivity index (χ0n) is 9.03. The molecule has 1 aromatic carbocycles. The minimum Gasteiger partial charge on any atom is -0.375 e. The molecule has 0 aliphatic rings. The monoisotopic (exact) mass is 222 g/mol. The predicted octanol–water partition coefficient (Wildman–Crippen LogP) is 0.299. The van der Waals surface area contributed by atoms with Crippen molar-refractivity contribution in [2.45, 2.75) is 6.42 Å². The van der Waals surface area contributed by atoms with Gasteiger partial charge in [-0.25, -0.2) is 0 Å². The van der Waals surface area contributed by atoms with Gasteiger partial charge in [-0.05, 0) is 17.7 Å². The highest BCUT2D eigenvalue weighted by atomic mass is 16.5. The molecule has 0 fully saturated rings. The van der Waals surface area contributed by atoms with Crippen LogP contribution in [0.25, 0.3) is 0 Å². The van der Waals surface area contributed by atoms with Crippen molar-refractivity contribution in [1.29, 1.82) is 0 Å². The van der Waals surface area contributed by atoms with E-state index in [-0.39, 0.29) is 24.8 Å². The largest absolute Gasteiger partial charge is 0.375 e. The number of hydrogen-bond donors (Lipinski definition) is 2. The fraction of sp³-hybridized carbons (Fsp3) is 0.273. The zero-order chi connectivity index (χ0) is 12.0. The van der Waals surface area contributed by atoms with Crippen LogP contribution in [0.15, 0.2) is 24.3 Å². The second-order valence-corrected chi connectivity index (χ2v) is 3.32. The molecule has 1 rings (SSSR count). The van der Waals surface area contributed by atoms with E-state index in [1.165, 1.54) is 7.11 Å². The molecule has 5 heteroatoms. The molecule has 1 aromatic rings. The lowest BCUT2D eigenvalue weighted by Gasteiger charge is -2.05. The Morgan fingerprint density at radius 1 is 1.31 bits per heavy atom. The number of rotatable bonds is 5. The van der Waals surface area contributed by atoms with Gasteiger partial charge in [-0.1, -0.05) is 12.1 Å². The number of amides is 2. The van der Waals surface area contributed by atoms with Crippen molar-refractivity contribution in [3.63, 3.8) is 0 Å². The number of primary amides is 1. The third kappa shape index (κ3) is 4.10. The summed E-state index contributed by atoms with van der Waals surface area (Å²) in [6, 6.07) is 6.91. The Hall–Kier alpha value is -1.88. The quantitative estimate of drug-likeness (QED) is 0.751. The number of ether oxygens (including phenoxy) is 1. The van der Waals surface area contributed by atoms with Crippen molar-refractivity contribution in [3.8, 4) is 0 Å². The van der Waals surface area contributed by atoms with Crippen LogP contribution in [0, 0.1) is 0 Å². The molecule has 0 saturated heterocycles. The van der Waals surface area contributed by atoms with Crippen molar-refractivity contribution in [2.24, 2.45) is 5.73 Å². The third-order valence-corrected chi connectivity index (χ3v) is 1.89. The highest BCUT2D eigenvalue weighted by Crippen LogP contribution is 2.09. The van der Waals surface area contributed by atoms with E-state index in [1.807, 2.05) is 0 Å². The van der Waals surface area contributed by atoms with Gasteiger partial charge in [-0.3, -0.25) is 9.59 Å². The number of benzene rings is 1. The predicted molar refractivity (Wildman–Crippen MR) is 59.8 cm³/mol. The Kier molecular flexibility index (Phi) is 4.47. The van der Waals surface area contributed by atoms with Gasteiger partial charge in [0.15, 0.2) is 0 Å². The molecule has 2 amide bonds. The zero-order valence-corrected chi connectivity index (χ0v) is 9.03. The van der Waals surface area contributed by atoms with Crippen LogP contribution in [-0.2, 0) is 20.7 Å². The summed E-state index contributed by atoms with van der Waals surface area (Å²) in [4.78, 5) is 21.8. The SMILES string of the molecule is COCC(=O)Nc1ccc(CC(N)=O)cc1. The molecule has 86 valence electrons. The molecule has 0 spiro atoms. The normalized spacial score (nSPS) is 9.81. The first-order chi connectivity index (χ1) is 7.61. The Labute approximate surface area is 93.6 Å². The second-order valence-electron chi connectivity index (χ2n) is 3.32. The fourth-order valence-corrected chi connectivity index (χ4v) is 1.24. The minimum absolute atomic E-state index is 0.0169. The standard InChI is InChI=1S/C11H14N2O3/c1-16-7-11(15)13-9-4-2-8(3-5-9)6-10(12)14/h2-5H,6-7H2,1H3,(H2,12,14)(H,13,15). The number of carbonyl (C=O) groups excluding carboxylic acids is 2. The number of nitrogens with two attached hydrogens (primary N) is 1. The first-order valence-electron chi connectivity index (χ1n) is 4.78. The van der Waals surface area contributed by atoms with Gasteiger partial charge >= 0.3 is 0 Å². The van der Waals surface area contributed by atoms with Crippen LogP contribution in [-0.4, -0.2) is 25.5 Å². The summed E-state index contributed by atoms with van der Waals surface area (Å²) in [6.45, 7) is 0.0169. The maximum Gasteiger partial charge on any atom is 0.250 e. The van der Waals surface area contributed by atoms with Crippen molar-refractivity contribution in [2.75, 3.05) is 19.0 Å². The lowest BCUT2D eigenvalue weighted by atomic mass is 10.1. The van der Waals surface area contributed by atoms with Gasteiger partial charge in [-0.2, -0.15) is 0 Å². The maximum atomic E-state index is 11.2. The minimum atomic E-state index is -0.379. The molecule has 0 heterocycles. The average Bonchev–Trinajstić information content (AvgIpc) is 2.20. The molecule has 0 saturated carbocycles. The summed E-state index contributed by atoms with van der Waals surface area (Å²) in [6.07, 6.45) is 0.201. The van der Waals surface area contributed by atoms with E-state index in [9.17, 15) is 9.59 Å². The van der Waals surface area contributed by atoms with Gasteiger partial charge in [0.05, 0.1) is 6.42 Å². The Morgan fingerprint density at radius 3 is 2.44 bits per heavy atom. The van der Waals surface area contributed by atoms with Crippen LogP contribution < -0.4 is 11.1 Å². The molecule has 0 aliphatic carbocycles. The van der Waals surface area contributed by atoms with Gasteiger partial charge in [0, 0.05) is 12.8 Å².